The second-order valence-electron chi connectivity index (χ2n) is 7.47. The Balaban J connectivity index is 1.97. The van der Waals surface area contributed by atoms with Crippen LogP contribution >= 0.6 is 11.6 Å². The molecule has 1 aliphatic rings. The molecule has 2 heterocycles. The van der Waals surface area contributed by atoms with Crippen molar-refractivity contribution in [2.75, 3.05) is 32.8 Å². The van der Waals surface area contributed by atoms with Crippen molar-refractivity contribution in [2.45, 2.75) is 33.2 Å². The fraction of sp³-hybridized carbons (Fsp3) is 0.417. The van der Waals surface area contributed by atoms with E-state index in [1.807, 2.05) is 6.92 Å². The molecule has 1 saturated heterocycles. The Morgan fingerprint density at radius 1 is 1.22 bits per heavy atom. The second-order valence-corrected chi connectivity index (χ2v) is 7.87. The third-order valence-corrected chi connectivity index (χ3v) is 5.92. The van der Waals surface area contributed by atoms with Gasteiger partial charge in [0.05, 0.1) is 23.5 Å². The average molecular weight is 461 g/mol. The van der Waals surface area contributed by atoms with Gasteiger partial charge in [-0.2, -0.15) is 0 Å². The first-order chi connectivity index (χ1) is 15.4. The molecule has 1 unspecified atom stereocenters. The number of ether oxygens (including phenoxy) is 1. The van der Waals surface area contributed by atoms with Crippen LogP contribution < -0.4 is 4.74 Å². The molecule has 1 aromatic heterocycles. The first kappa shape index (κ1) is 23.9. The van der Waals surface area contributed by atoms with Gasteiger partial charge in [-0.25, -0.2) is 0 Å². The van der Waals surface area contributed by atoms with E-state index >= 15 is 0 Å². The zero-order chi connectivity index (χ0) is 23.3. The minimum atomic E-state index is -0.799. The molecule has 1 aliphatic heterocycles. The highest BCUT2D eigenvalue weighted by atomic mass is 35.5. The van der Waals surface area contributed by atoms with Crippen LogP contribution in [0.2, 0.25) is 5.02 Å². The van der Waals surface area contributed by atoms with E-state index in [2.05, 4.69) is 18.7 Å². The number of ketones is 1. The molecule has 3 rings (SSSR count). The van der Waals surface area contributed by atoms with Gasteiger partial charge < -0.3 is 24.1 Å². The van der Waals surface area contributed by atoms with Gasteiger partial charge in [0.25, 0.3) is 11.7 Å². The molecule has 32 heavy (non-hydrogen) atoms. The Morgan fingerprint density at radius 2 is 1.97 bits per heavy atom. The van der Waals surface area contributed by atoms with Crippen molar-refractivity contribution in [3.8, 4) is 5.75 Å². The molecule has 2 aromatic rings. The number of carbonyl (C=O) groups excluding carboxylic acids is 2. The highest BCUT2D eigenvalue weighted by Gasteiger charge is 2.47. The van der Waals surface area contributed by atoms with Crippen LogP contribution in [-0.2, 0) is 9.59 Å². The van der Waals surface area contributed by atoms with Crippen LogP contribution in [0.15, 0.2) is 46.6 Å². The van der Waals surface area contributed by atoms with Crippen LogP contribution in [0, 0.1) is 0 Å². The smallest absolute Gasteiger partial charge is 0.295 e. The quantitative estimate of drug-likeness (QED) is 0.319. The van der Waals surface area contributed by atoms with Crippen molar-refractivity contribution < 1.29 is 23.8 Å². The van der Waals surface area contributed by atoms with Crippen LogP contribution in [0.4, 0.5) is 0 Å². The van der Waals surface area contributed by atoms with E-state index in [0.29, 0.717) is 41.7 Å². The number of amides is 1. The summed E-state index contributed by atoms with van der Waals surface area (Å²) < 4.78 is 11.0. The molecule has 0 saturated carbocycles. The largest absolute Gasteiger partial charge is 0.507 e. The summed E-state index contributed by atoms with van der Waals surface area (Å²) in [5.74, 6) is -0.780. The number of likely N-dealkylation sites (tertiary alicyclic amines) is 1. The Labute approximate surface area is 193 Å². The van der Waals surface area contributed by atoms with Gasteiger partial charge in [0.1, 0.15) is 23.3 Å². The van der Waals surface area contributed by atoms with E-state index in [0.717, 1.165) is 19.6 Å². The minimum Gasteiger partial charge on any atom is -0.507 e. The monoisotopic (exact) mass is 460 g/mol. The van der Waals surface area contributed by atoms with E-state index in [1.54, 1.807) is 24.3 Å². The van der Waals surface area contributed by atoms with Crippen molar-refractivity contribution >= 4 is 29.1 Å². The van der Waals surface area contributed by atoms with Crippen molar-refractivity contribution in [1.82, 2.24) is 9.80 Å². The minimum absolute atomic E-state index is 0.00647. The lowest BCUT2D eigenvalue weighted by atomic mass is 9.99. The number of nitrogens with zero attached hydrogens (tertiary/aromatic N) is 2. The van der Waals surface area contributed by atoms with E-state index in [9.17, 15) is 14.7 Å². The summed E-state index contributed by atoms with van der Waals surface area (Å²) in [4.78, 5) is 29.6. The molecule has 0 radical (unpaired) electrons. The fourth-order valence-electron chi connectivity index (χ4n) is 3.93. The molecule has 0 aliphatic carbocycles. The van der Waals surface area contributed by atoms with Gasteiger partial charge in [0.15, 0.2) is 0 Å². The SMILES string of the molecule is CCOc1ccc(/C(O)=C2\C(=O)C(=O)N(CCCN(CC)CC)C2c2ccco2)cc1Cl. The van der Waals surface area contributed by atoms with Gasteiger partial charge in [-0.05, 0) is 63.3 Å². The lowest BCUT2D eigenvalue weighted by Crippen LogP contribution is -2.33. The molecule has 1 amide bonds. The molecule has 1 N–H and O–H groups in total. The van der Waals surface area contributed by atoms with Crippen molar-refractivity contribution in [3.05, 3.63) is 58.5 Å². The van der Waals surface area contributed by atoms with E-state index in [4.69, 9.17) is 20.8 Å². The first-order valence-electron chi connectivity index (χ1n) is 10.9. The number of benzene rings is 1. The van der Waals surface area contributed by atoms with E-state index in [-0.39, 0.29) is 11.3 Å². The maximum atomic E-state index is 13.0. The molecular formula is C24H29ClN2O5. The highest BCUT2D eigenvalue weighted by Crippen LogP contribution is 2.40. The van der Waals surface area contributed by atoms with Crippen LogP contribution in [0.3, 0.4) is 0 Å². The zero-order valence-corrected chi connectivity index (χ0v) is 19.4. The Hall–Kier alpha value is -2.77. The molecule has 172 valence electrons. The highest BCUT2D eigenvalue weighted by molar-refractivity contribution is 6.46. The number of rotatable bonds is 10. The van der Waals surface area contributed by atoms with Gasteiger partial charge in [0.2, 0.25) is 0 Å². The lowest BCUT2D eigenvalue weighted by Gasteiger charge is -2.25. The molecule has 1 aromatic carbocycles. The number of Topliss-reactive ketones (excluding diaryl/α,β-unsaturated/α-hetero) is 1. The van der Waals surface area contributed by atoms with Gasteiger partial charge in [-0.1, -0.05) is 25.4 Å². The summed E-state index contributed by atoms with van der Waals surface area (Å²) >= 11 is 6.27. The van der Waals surface area contributed by atoms with Crippen LogP contribution in [0.5, 0.6) is 5.75 Å². The average Bonchev–Trinajstić information content (AvgIpc) is 3.40. The van der Waals surface area contributed by atoms with Crippen molar-refractivity contribution in [2.24, 2.45) is 0 Å². The molecule has 0 spiro atoms. The third-order valence-electron chi connectivity index (χ3n) is 5.63. The maximum absolute atomic E-state index is 13.0. The van der Waals surface area contributed by atoms with Crippen molar-refractivity contribution in [1.29, 1.82) is 0 Å². The Kier molecular flexibility index (Phi) is 7.99. The van der Waals surface area contributed by atoms with Crippen LogP contribution in [0.25, 0.3) is 5.76 Å². The number of hydrogen-bond acceptors (Lipinski definition) is 6. The maximum Gasteiger partial charge on any atom is 0.295 e. The predicted molar refractivity (Wildman–Crippen MR) is 123 cm³/mol. The molecular weight excluding hydrogens is 432 g/mol. The standard InChI is InChI=1S/C24H29ClN2O5/c1-4-26(5-2)12-8-13-27-21(19-9-7-14-32-19)20(23(29)24(27)30)22(28)16-10-11-18(31-6-3)17(25)15-16/h7,9-11,14-15,21,28H,4-6,8,12-13H2,1-3H3/b22-20+. The fourth-order valence-corrected chi connectivity index (χ4v) is 4.17. The second kappa shape index (κ2) is 10.7. The molecule has 8 heteroatoms. The lowest BCUT2D eigenvalue weighted by molar-refractivity contribution is -0.140. The molecule has 1 fully saturated rings. The number of aliphatic hydroxyl groups is 1. The van der Waals surface area contributed by atoms with Crippen molar-refractivity contribution in [3.63, 3.8) is 0 Å². The summed E-state index contributed by atoms with van der Waals surface area (Å²) in [6.45, 7) is 9.45. The summed E-state index contributed by atoms with van der Waals surface area (Å²) in [6.07, 6.45) is 2.18. The first-order valence-corrected chi connectivity index (χ1v) is 11.3. The third kappa shape index (κ3) is 4.84. The van der Waals surface area contributed by atoms with Crippen LogP contribution in [0.1, 0.15) is 44.6 Å². The molecule has 1 atom stereocenters. The topological polar surface area (TPSA) is 83.2 Å². The molecule has 0 bridgehead atoms. The zero-order valence-electron chi connectivity index (χ0n) is 18.6. The number of furan rings is 1. The predicted octanol–water partition coefficient (Wildman–Crippen LogP) is 4.49. The Bertz CT molecular complexity index is 982. The van der Waals surface area contributed by atoms with Gasteiger partial charge >= 0.3 is 0 Å². The summed E-state index contributed by atoms with van der Waals surface area (Å²) in [7, 11) is 0. The summed E-state index contributed by atoms with van der Waals surface area (Å²) in [6, 6.07) is 7.36. The van der Waals surface area contributed by atoms with Gasteiger partial charge in [0, 0.05) is 12.1 Å². The normalized spacial score (nSPS) is 18.0. The summed E-state index contributed by atoms with van der Waals surface area (Å²) in [5, 5.41) is 11.4. The number of halogens is 1. The van der Waals surface area contributed by atoms with E-state index < -0.39 is 17.7 Å². The van der Waals surface area contributed by atoms with E-state index in [1.165, 1.54) is 17.2 Å². The van der Waals surface area contributed by atoms with Crippen LogP contribution in [-0.4, -0.2) is 59.4 Å². The van der Waals surface area contributed by atoms with Gasteiger partial charge in [-0.3, -0.25) is 9.59 Å². The van der Waals surface area contributed by atoms with Gasteiger partial charge in [-0.15, -0.1) is 0 Å². The molecule has 7 nitrogen and oxygen atoms in total. The summed E-state index contributed by atoms with van der Waals surface area (Å²) in [5.41, 5.74) is 0.323. The number of carbonyl (C=O) groups is 2. The number of aliphatic hydroxyl groups excluding tert-OH is 1. The number of hydrogen-bond donors (Lipinski definition) is 1. The Morgan fingerprint density at radius 3 is 2.56 bits per heavy atom.